The first-order valence-electron chi connectivity index (χ1n) is 9.58. The minimum absolute atomic E-state index is 0.187. The summed E-state index contributed by atoms with van der Waals surface area (Å²) in [6.07, 6.45) is 0.650. The molecule has 1 atom stereocenters. The van der Waals surface area contributed by atoms with Crippen molar-refractivity contribution in [2.45, 2.75) is 33.2 Å². The van der Waals surface area contributed by atoms with Crippen LogP contribution >= 0.6 is 11.6 Å². The maximum Gasteiger partial charge on any atom is 0.251 e. The van der Waals surface area contributed by atoms with Crippen LogP contribution in [-0.2, 0) is 6.42 Å². The van der Waals surface area contributed by atoms with Gasteiger partial charge in [-0.3, -0.25) is 4.79 Å². The van der Waals surface area contributed by atoms with Crippen LogP contribution in [0.25, 0.3) is 16.8 Å². The number of carbonyl (C=O) groups is 1. The van der Waals surface area contributed by atoms with Gasteiger partial charge in [0.2, 0.25) is 0 Å². The van der Waals surface area contributed by atoms with Crippen molar-refractivity contribution in [2.24, 2.45) is 5.92 Å². The van der Waals surface area contributed by atoms with Crippen LogP contribution in [0.5, 0.6) is 0 Å². The molecule has 0 aliphatic heterocycles. The summed E-state index contributed by atoms with van der Waals surface area (Å²) in [5, 5.41) is 24.1. The highest BCUT2D eigenvalue weighted by Gasteiger charge is 2.17. The molecule has 3 aromatic rings. The van der Waals surface area contributed by atoms with E-state index in [0.29, 0.717) is 40.5 Å². The van der Waals surface area contributed by atoms with Crippen LogP contribution in [0.4, 0.5) is 4.39 Å². The number of nitrogens with zero attached hydrogens (tertiary/aromatic N) is 4. The Morgan fingerprint density at radius 3 is 2.67 bits per heavy atom. The molecule has 2 aromatic carbocycles. The van der Waals surface area contributed by atoms with Crippen molar-refractivity contribution in [1.29, 1.82) is 0 Å². The Morgan fingerprint density at radius 2 is 2.00 bits per heavy atom. The zero-order valence-corrected chi connectivity index (χ0v) is 17.7. The lowest BCUT2D eigenvalue weighted by molar-refractivity contribution is 0.0922. The van der Waals surface area contributed by atoms with Crippen LogP contribution in [0.1, 0.15) is 37.0 Å². The van der Waals surface area contributed by atoms with Crippen molar-refractivity contribution >= 4 is 17.5 Å². The molecule has 1 heterocycles. The molecule has 0 aliphatic rings. The van der Waals surface area contributed by atoms with Crippen molar-refractivity contribution in [2.75, 3.05) is 6.61 Å². The molecule has 0 saturated carbocycles. The van der Waals surface area contributed by atoms with E-state index in [0.717, 1.165) is 0 Å². The summed E-state index contributed by atoms with van der Waals surface area (Å²) in [6, 6.07) is 8.80. The van der Waals surface area contributed by atoms with Crippen LogP contribution < -0.4 is 5.32 Å². The van der Waals surface area contributed by atoms with Gasteiger partial charge in [-0.1, -0.05) is 25.4 Å². The lowest BCUT2D eigenvalue weighted by Crippen LogP contribution is -2.35. The summed E-state index contributed by atoms with van der Waals surface area (Å²) >= 11 is 6.26. The van der Waals surface area contributed by atoms with Crippen LogP contribution in [0.3, 0.4) is 0 Å². The third kappa shape index (κ3) is 5.01. The number of tetrazole rings is 1. The summed E-state index contributed by atoms with van der Waals surface area (Å²) < 4.78 is 15.1. The van der Waals surface area contributed by atoms with Gasteiger partial charge in [0, 0.05) is 23.6 Å². The number of aromatic nitrogens is 4. The molecule has 1 aromatic heterocycles. The monoisotopic (exact) mass is 431 g/mol. The fraction of sp³-hybridized carbons (Fsp3) is 0.333. The van der Waals surface area contributed by atoms with Gasteiger partial charge in [0.05, 0.1) is 17.3 Å². The number of nitrogens with one attached hydrogen (secondary N) is 1. The molecule has 0 bridgehead atoms. The first-order valence-corrected chi connectivity index (χ1v) is 9.96. The highest BCUT2D eigenvalue weighted by atomic mass is 35.5. The molecule has 7 nitrogen and oxygen atoms in total. The lowest BCUT2D eigenvalue weighted by Gasteiger charge is -2.15. The molecule has 0 saturated heterocycles. The van der Waals surface area contributed by atoms with Crippen molar-refractivity contribution in [3.8, 4) is 16.8 Å². The minimum Gasteiger partial charge on any atom is -0.394 e. The zero-order chi connectivity index (χ0) is 21.8. The second kappa shape index (κ2) is 9.32. The Labute approximate surface area is 178 Å². The second-order valence-electron chi connectivity index (χ2n) is 7.55. The Balaban J connectivity index is 2.14. The van der Waals surface area contributed by atoms with Crippen molar-refractivity contribution in [1.82, 2.24) is 25.5 Å². The molecule has 158 valence electrons. The Hall–Kier alpha value is -2.84. The maximum absolute atomic E-state index is 13.5. The van der Waals surface area contributed by atoms with Gasteiger partial charge in [-0.25, -0.2) is 4.39 Å². The molecule has 0 spiro atoms. The van der Waals surface area contributed by atoms with E-state index in [1.807, 2.05) is 0 Å². The molecule has 9 heteroatoms. The smallest absolute Gasteiger partial charge is 0.251 e. The predicted molar refractivity (Wildman–Crippen MR) is 112 cm³/mol. The van der Waals surface area contributed by atoms with Gasteiger partial charge >= 0.3 is 0 Å². The predicted octanol–water partition coefficient (Wildman–Crippen LogP) is 3.43. The van der Waals surface area contributed by atoms with Crippen molar-refractivity contribution in [3.05, 3.63) is 58.6 Å². The van der Waals surface area contributed by atoms with Crippen molar-refractivity contribution in [3.63, 3.8) is 0 Å². The number of aliphatic hydroxyl groups excluding tert-OH is 1. The fourth-order valence-electron chi connectivity index (χ4n) is 3.00. The van der Waals surface area contributed by atoms with Gasteiger partial charge in [0.25, 0.3) is 5.91 Å². The zero-order valence-electron chi connectivity index (χ0n) is 16.9. The number of rotatable bonds is 7. The topological polar surface area (TPSA) is 92.9 Å². The summed E-state index contributed by atoms with van der Waals surface area (Å²) in [4.78, 5) is 12.7. The molecular weight excluding hydrogens is 409 g/mol. The van der Waals surface area contributed by atoms with E-state index < -0.39 is 11.9 Å². The van der Waals surface area contributed by atoms with Gasteiger partial charge in [-0.15, -0.1) is 5.10 Å². The fourth-order valence-corrected chi connectivity index (χ4v) is 3.27. The molecule has 2 N–H and O–H groups in total. The third-order valence-electron chi connectivity index (χ3n) is 4.44. The standard InChI is InChI=1S/C21H23ClFN5O2/c1-12(2)6-20-25-26-27-28(20)17-8-14(18-5-4-16(23)10-19(18)22)7-15(9-17)21(30)24-13(3)11-29/h4-5,7-10,12-13,29H,6,11H2,1-3H3,(H,24,30). The lowest BCUT2D eigenvalue weighted by atomic mass is 10.0. The second-order valence-corrected chi connectivity index (χ2v) is 7.96. The van der Waals surface area contributed by atoms with E-state index in [4.69, 9.17) is 11.6 Å². The van der Waals surface area contributed by atoms with E-state index in [1.165, 1.54) is 12.1 Å². The number of halogens is 2. The number of aliphatic hydroxyl groups is 1. The van der Waals surface area contributed by atoms with Gasteiger partial charge in [0.15, 0.2) is 5.82 Å². The molecule has 0 aliphatic carbocycles. The first-order chi connectivity index (χ1) is 14.3. The summed E-state index contributed by atoms with van der Waals surface area (Å²) in [5.74, 6) is 0.172. The Bertz CT molecular complexity index is 1050. The molecule has 0 radical (unpaired) electrons. The molecule has 3 rings (SSSR count). The quantitative estimate of drug-likeness (QED) is 0.597. The Morgan fingerprint density at radius 1 is 1.23 bits per heavy atom. The number of hydrogen-bond acceptors (Lipinski definition) is 5. The molecule has 1 amide bonds. The van der Waals surface area contributed by atoms with E-state index in [2.05, 4.69) is 34.7 Å². The van der Waals surface area contributed by atoms with E-state index >= 15 is 0 Å². The molecule has 0 fully saturated rings. The molecular formula is C21H23ClFN5O2. The normalized spacial score (nSPS) is 12.2. The highest BCUT2D eigenvalue weighted by Crippen LogP contribution is 2.31. The highest BCUT2D eigenvalue weighted by molar-refractivity contribution is 6.33. The SMILES string of the molecule is CC(C)Cc1nnnn1-c1cc(C(=O)NC(C)CO)cc(-c2ccc(F)cc2Cl)c1. The van der Waals surface area contributed by atoms with Crippen LogP contribution in [0.15, 0.2) is 36.4 Å². The van der Waals surface area contributed by atoms with E-state index in [1.54, 1.807) is 35.9 Å². The van der Waals surface area contributed by atoms with Crippen LogP contribution in [0.2, 0.25) is 5.02 Å². The van der Waals surface area contributed by atoms with Gasteiger partial charge < -0.3 is 10.4 Å². The van der Waals surface area contributed by atoms with Crippen LogP contribution in [0, 0.1) is 11.7 Å². The number of amides is 1. The number of benzene rings is 2. The molecule has 1 unspecified atom stereocenters. The number of hydrogen-bond donors (Lipinski definition) is 2. The number of carbonyl (C=O) groups excluding carboxylic acids is 1. The van der Waals surface area contributed by atoms with Gasteiger partial charge in [-0.2, -0.15) is 4.68 Å². The van der Waals surface area contributed by atoms with E-state index in [9.17, 15) is 14.3 Å². The van der Waals surface area contributed by atoms with E-state index in [-0.39, 0.29) is 17.5 Å². The average molecular weight is 432 g/mol. The summed E-state index contributed by atoms with van der Waals surface area (Å²) in [6.45, 7) is 5.63. The summed E-state index contributed by atoms with van der Waals surface area (Å²) in [7, 11) is 0. The maximum atomic E-state index is 13.5. The average Bonchev–Trinajstić information content (AvgIpc) is 3.14. The largest absolute Gasteiger partial charge is 0.394 e. The Kier molecular flexibility index (Phi) is 6.79. The summed E-state index contributed by atoms with van der Waals surface area (Å²) in [5.41, 5.74) is 2.11. The minimum atomic E-state index is -0.450. The first kappa shape index (κ1) is 21.9. The van der Waals surface area contributed by atoms with Crippen molar-refractivity contribution < 1.29 is 14.3 Å². The van der Waals surface area contributed by atoms with Gasteiger partial charge in [0.1, 0.15) is 5.82 Å². The third-order valence-corrected chi connectivity index (χ3v) is 4.76. The van der Waals surface area contributed by atoms with Gasteiger partial charge in [-0.05, 0) is 65.2 Å². The van der Waals surface area contributed by atoms with Crippen LogP contribution in [-0.4, -0.2) is 43.9 Å². The molecule has 30 heavy (non-hydrogen) atoms.